The maximum Gasteiger partial charge on any atom is 0.191 e. The molecule has 0 amide bonds. The highest BCUT2D eigenvalue weighted by Crippen LogP contribution is 2.10. The lowest BCUT2D eigenvalue weighted by atomic mass is 10.0. The van der Waals surface area contributed by atoms with Crippen LogP contribution in [-0.4, -0.2) is 37.2 Å². The molecule has 1 heterocycles. The molecule has 0 radical (unpaired) electrons. The van der Waals surface area contributed by atoms with Crippen LogP contribution in [0.15, 0.2) is 10.4 Å². The van der Waals surface area contributed by atoms with Crippen LogP contribution in [0.3, 0.4) is 0 Å². The SMILES string of the molecule is CCOC(CCNC(=NC)NCc1csc(CC)n1)C(C)C.I. The smallest absolute Gasteiger partial charge is 0.191 e. The van der Waals surface area contributed by atoms with E-state index < -0.39 is 0 Å². The maximum atomic E-state index is 5.75. The third-order valence-corrected chi connectivity index (χ3v) is 4.45. The highest BCUT2D eigenvalue weighted by Gasteiger charge is 2.13. The lowest BCUT2D eigenvalue weighted by Gasteiger charge is -2.21. The molecule has 0 bridgehead atoms. The van der Waals surface area contributed by atoms with Gasteiger partial charge < -0.3 is 15.4 Å². The molecule has 1 aromatic heterocycles. The zero-order valence-electron chi connectivity index (χ0n) is 14.9. The minimum Gasteiger partial charge on any atom is -0.378 e. The van der Waals surface area contributed by atoms with Crippen molar-refractivity contribution in [3.05, 3.63) is 16.1 Å². The summed E-state index contributed by atoms with van der Waals surface area (Å²) >= 11 is 1.71. The van der Waals surface area contributed by atoms with Crippen molar-refractivity contribution in [3.63, 3.8) is 0 Å². The number of guanidine groups is 1. The molecule has 1 aromatic rings. The minimum atomic E-state index is 0. The Hall–Kier alpha value is -0.410. The molecule has 0 fully saturated rings. The zero-order valence-corrected chi connectivity index (χ0v) is 18.0. The summed E-state index contributed by atoms with van der Waals surface area (Å²) in [5.74, 6) is 1.34. The summed E-state index contributed by atoms with van der Waals surface area (Å²) < 4.78 is 5.75. The van der Waals surface area contributed by atoms with Crippen molar-refractivity contribution in [2.24, 2.45) is 10.9 Å². The molecule has 0 aliphatic rings. The van der Waals surface area contributed by atoms with Gasteiger partial charge in [-0.15, -0.1) is 35.3 Å². The third-order valence-electron chi connectivity index (χ3n) is 3.41. The molecule has 1 atom stereocenters. The van der Waals surface area contributed by atoms with E-state index in [9.17, 15) is 0 Å². The monoisotopic (exact) mass is 454 g/mol. The standard InChI is InChI=1S/C16H30N4OS.HI/c1-6-15-20-13(11-22-15)10-19-16(17-5)18-9-8-14(12(3)4)21-7-2;/h11-12,14H,6-10H2,1-5H3,(H2,17,18,19);1H. The lowest BCUT2D eigenvalue weighted by molar-refractivity contribution is 0.0258. The van der Waals surface area contributed by atoms with Gasteiger partial charge in [0.15, 0.2) is 5.96 Å². The van der Waals surface area contributed by atoms with Crippen molar-refractivity contribution in [1.82, 2.24) is 15.6 Å². The predicted octanol–water partition coefficient (Wildman–Crippen LogP) is 3.44. The Morgan fingerprint density at radius 2 is 2.09 bits per heavy atom. The van der Waals surface area contributed by atoms with E-state index in [0.717, 1.165) is 37.6 Å². The molecular formula is C16H31IN4OS. The van der Waals surface area contributed by atoms with Crippen LogP contribution in [0.1, 0.15) is 44.8 Å². The fourth-order valence-electron chi connectivity index (χ4n) is 2.14. The molecule has 0 aliphatic carbocycles. The number of halogens is 1. The summed E-state index contributed by atoms with van der Waals surface area (Å²) in [4.78, 5) is 8.79. The molecule has 2 N–H and O–H groups in total. The third kappa shape index (κ3) is 8.85. The number of nitrogens with one attached hydrogen (secondary N) is 2. The summed E-state index contributed by atoms with van der Waals surface area (Å²) in [6, 6.07) is 0. The molecule has 5 nitrogen and oxygen atoms in total. The van der Waals surface area contributed by atoms with E-state index in [1.54, 1.807) is 18.4 Å². The largest absolute Gasteiger partial charge is 0.378 e. The van der Waals surface area contributed by atoms with Crippen LogP contribution in [0.5, 0.6) is 0 Å². The van der Waals surface area contributed by atoms with Gasteiger partial charge in [-0.25, -0.2) is 4.98 Å². The van der Waals surface area contributed by atoms with Gasteiger partial charge in [0.25, 0.3) is 0 Å². The highest BCUT2D eigenvalue weighted by atomic mass is 127. The Balaban J connectivity index is 0.00000484. The van der Waals surface area contributed by atoms with E-state index in [4.69, 9.17) is 4.74 Å². The summed E-state index contributed by atoms with van der Waals surface area (Å²) in [6.45, 7) is 10.9. The van der Waals surface area contributed by atoms with Crippen molar-refractivity contribution >= 4 is 41.3 Å². The molecule has 23 heavy (non-hydrogen) atoms. The van der Waals surface area contributed by atoms with Gasteiger partial charge in [-0.05, 0) is 25.7 Å². The van der Waals surface area contributed by atoms with Crippen molar-refractivity contribution in [1.29, 1.82) is 0 Å². The molecule has 7 heteroatoms. The van der Waals surface area contributed by atoms with Gasteiger partial charge in [-0.3, -0.25) is 4.99 Å². The molecule has 0 saturated heterocycles. The van der Waals surface area contributed by atoms with E-state index in [2.05, 4.69) is 46.8 Å². The van der Waals surface area contributed by atoms with Crippen molar-refractivity contribution in [3.8, 4) is 0 Å². The molecule has 0 spiro atoms. The van der Waals surface area contributed by atoms with E-state index in [-0.39, 0.29) is 24.0 Å². The first-order chi connectivity index (χ1) is 10.6. The van der Waals surface area contributed by atoms with E-state index in [1.165, 1.54) is 5.01 Å². The van der Waals surface area contributed by atoms with Gasteiger partial charge in [0, 0.05) is 25.6 Å². The molecule has 0 aliphatic heterocycles. The lowest BCUT2D eigenvalue weighted by Crippen LogP contribution is -2.39. The van der Waals surface area contributed by atoms with Gasteiger partial charge in [-0.2, -0.15) is 0 Å². The molecule has 1 unspecified atom stereocenters. The Morgan fingerprint density at radius 3 is 2.61 bits per heavy atom. The van der Waals surface area contributed by atoms with Crippen LogP contribution < -0.4 is 10.6 Å². The zero-order chi connectivity index (χ0) is 16.4. The summed E-state index contributed by atoms with van der Waals surface area (Å²) in [7, 11) is 1.79. The first kappa shape index (κ1) is 22.6. The molecule has 134 valence electrons. The first-order valence-electron chi connectivity index (χ1n) is 8.10. The quantitative estimate of drug-likeness (QED) is 0.341. The van der Waals surface area contributed by atoms with Crippen LogP contribution in [0, 0.1) is 5.92 Å². The Kier molecular flexibility index (Phi) is 12.7. The Labute approximate surface area is 161 Å². The normalized spacial score (nSPS) is 12.9. The molecular weight excluding hydrogens is 423 g/mol. The number of thiazole rings is 1. The Bertz CT molecular complexity index is 451. The number of aliphatic imine (C=N–C) groups is 1. The number of hydrogen-bond acceptors (Lipinski definition) is 4. The van der Waals surface area contributed by atoms with E-state index in [0.29, 0.717) is 18.6 Å². The van der Waals surface area contributed by atoms with E-state index in [1.807, 2.05) is 6.92 Å². The van der Waals surface area contributed by atoms with Crippen LogP contribution in [-0.2, 0) is 17.7 Å². The van der Waals surface area contributed by atoms with E-state index >= 15 is 0 Å². The Morgan fingerprint density at radius 1 is 1.35 bits per heavy atom. The van der Waals surface area contributed by atoms with Crippen molar-refractivity contribution in [2.75, 3.05) is 20.2 Å². The minimum absolute atomic E-state index is 0. The second-order valence-corrected chi connectivity index (χ2v) is 6.41. The summed E-state index contributed by atoms with van der Waals surface area (Å²) in [5, 5.41) is 9.92. The molecule has 0 aromatic carbocycles. The number of aromatic nitrogens is 1. The summed E-state index contributed by atoms with van der Waals surface area (Å²) in [5.41, 5.74) is 1.07. The van der Waals surface area contributed by atoms with Gasteiger partial charge in [0.2, 0.25) is 0 Å². The number of rotatable bonds is 9. The van der Waals surface area contributed by atoms with Crippen molar-refractivity contribution < 1.29 is 4.74 Å². The highest BCUT2D eigenvalue weighted by molar-refractivity contribution is 14.0. The second kappa shape index (κ2) is 12.9. The van der Waals surface area contributed by atoms with Gasteiger partial charge in [-0.1, -0.05) is 20.8 Å². The number of ether oxygens (including phenoxy) is 1. The molecule has 1 rings (SSSR count). The van der Waals surface area contributed by atoms with Crippen LogP contribution in [0.25, 0.3) is 0 Å². The average Bonchev–Trinajstić information content (AvgIpc) is 2.97. The van der Waals surface area contributed by atoms with Crippen LogP contribution in [0.4, 0.5) is 0 Å². The van der Waals surface area contributed by atoms with Gasteiger partial charge >= 0.3 is 0 Å². The fourth-order valence-corrected chi connectivity index (χ4v) is 2.89. The van der Waals surface area contributed by atoms with Gasteiger partial charge in [0.05, 0.1) is 23.4 Å². The second-order valence-electron chi connectivity index (χ2n) is 5.47. The molecule has 0 saturated carbocycles. The summed E-state index contributed by atoms with van der Waals surface area (Å²) in [6.07, 6.45) is 2.26. The first-order valence-corrected chi connectivity index (χ1v) is 8.98. The number of hydrogen-bond donors (Lipinski definition) is 2. The topological polar surface area (TPSA) is 58.5 Å². The maximum absolute atomic E-state index is 5.75. The van der Waals surface area contributed by atoms with Crippen LogP contribution in [0.2, 0.25) is 0 Å². The van der Waals surface area contributed by atoms with Crippen LogP contribution >= 0.6 is 35.3 Å². The average molecular weight is 454 g/mol. The number of nitrogens with zero attached hydrogens (tertiary/aromatic N) is 2. The predicted molar refractivity (Wildman–Crippen MR) is 110 cm³/mol. The van der Waals surface area contributed by atoms with Crippen molar-refractivity contribution in [2.45, 2.75) is 53.2 Å². The number of aryl methyl sites for hydroxylation is 1. The van der Waals surface area contributed by atoms with Gasteiger partial charge in [0.1, 0.15) is 0 Å². The fraction of sp³-hybridized carbons (Fsp3) is 0.750.